The molecule has 0 radical (unpaired) electrons. The summed E-state index contributed by atoms with van der Waals surface area (Å²) >= 11 is 1.26. The molecule has 4 aromatic rings. The Morgan fingerprint density at radius 2 is 1.87 bits per heavy atom. The first-order valence-corrected chi connectivity index (χ1v) is 10.4. The van der Waals surface area contributed by atoms with Gasteiger partial charge >= 0.3 is 0 Å². The van der Waals surface area contributed by atoms with Crippen LogP contribution < -0.4 is 10.3 Å². The van der Waals surface area contributed by atoms with Crippen molar-refractivity contribution < 1.29 is 13.6 Å². The number of carbonyl (C=O) groups is 1. The molecule has 3 heterocycles. The number of anilines is 1. The summed E-state index contributed by atoms with van der Waals surface area (Å²) in [6.07, 6.45) is 1.60. The van der Waals surface area contributed by atoms with Crippen molar-refractivity contribution in [2.24, 2.45) is 0 Å². The molecule has 1 aliphatic heterocycles. The van der Waals surface area contributed by atoms with Crippen LogP contribution in [-0.4, -0.2) is 16.1 Å². The lowest BCUT2D eigenvalue weighted by molar-refractivity contribution is 0.0970. The first-order chi connectivity index (χ1) is 14.6. The fourth-order valence-electron chi connectivity index (χ4n) is 3.77. The van der Waals surface area contributed by atoms with Crippen molar-refractivity contribution in [1.82, 2.24) is 10.2 Å². The van der Waals surface area contributed by atoms with E-state index in [9.17, 15) is 14.0 Å². The van der Waals surface area contributed by atoms with Crippen LogP contribution in [0.5, 0.6) is 0 Å². The van der Waals surface area contributed by atoms with Crippen molar-refractivity contribution in [3.8, 4) is 0 Å². The van der Waals surface area contributed by atoms with Crippen molar-refractivity contribution >= 4 is 33.3 Å². The molecule has 0 saturated carbocycles. The Kier molecular flexibility index (Phi) is 4.43. The van der Waals surface area contributed by atoms with E-state index in [-0.39, 0.29) is 22.3 Å². The summed E-state index contributed by atoms with van der Waals surface area (Å²) in [5, 5.41) is 9.74. The predicted molar refractivity (Wildman–Crippen MR) is 111 cm³/mol. The van der Waals surface area contributed by atoms with Gasteiger partial charge in [-0.1, -0.05) is 48.6 Å². The zero-order chi connectivity index (χ0) is 20.8. The Hall–Kier alpha value is -3.39. The molecule has 1 unspecified atom stereocenters. The third-order valence-electron chi connectivity index (χ3n) is 5.10. The largest absolute Gasteiger partial charge is 0.450 e. The molecule has 0 bridgehead atoms. The fourth-order valence-corrected chi connectivity index (χ4v) is 4.73. The van der Waals surface area contributed by atoms with Crippen molar-refractivity contribution in [2.45, 2.75) is 25.8 Å². The van der Waals surface area contributed by atoms with E-state index in [1.807, 2.05) is 6.92 Å². The second-order valence-corrected chi connectivity index (χ2v) is 8.04. The maximum Gasteiger partial charge on any atom is 0.297 e. The molecule has 30 heavy (non-hydrogen) atoms. The Morgan fingerprint density at radius 3 is 2.67 bits per heavy atom. The van der Waals surface area contributed by atoms with Crippen LogP contribution in [0.1, 0.15) is 46.1 Å². The second-order valence-electron chi connectivity index (χ2n) is 7.00. The van der Waals surface area contributed by atoms with Crippen LogP contribution in [0.25, 0.3) is 11.0 Å². The van der Waals surface area contributed by atoms with E-state index in [2.05, 4.69) is 10.2 Å². The van der Waals surface area contributed by atoms with Crippen LogP contribution in [0.4, 0.5) is 9.52 Å². The number of fused-ring (bicyclic) bond motifs is 2. The highest BCUT2D eigenvalue weighted by molar-refractivity contribution is 7.15. The molecule has 150 valence electrons. The number of amides is 1. The minimum Gasteiger partial charge on any atom is -0.450 e. The van der Waals surface area contributed by atoms with E-state index >= 15 is 0 Å². The zero-order valence-corrected chi connectivity index (χ0v) is 16.8. The highest BCUT2D eigenvalue weighted by Gasteiger charge is 2.46. The van der Waals surface area contributed by atoms with Gasteiger partial charge in [-0.2, -0.15) is 0 Å². The van der Waals surface area contributed by atoms with E-state index in [4.69, 9.17) is 4.42 Å². The van der Waals surface area contributed by atoms with Crippen molar-refractivity contribution in [3.63, 3.8) is 0 Å². The molecule has 0 aliphatic carbocycles. The van der Waals surface area contributed by atoms with Gasteiger partial charge in [-0.25, -0.2) is 4.39 Å². The molecule has 5 rings (SSSR count). The molecule has 2 aromatic heterocycles. The maximum absolute atomic E-state index is 14.8. The first-order valence-electron chi connectivity index (χ1n) is 9.56. The van der Waals surface area contributed by atoms with Gasteiger partial charge in [-0.3, -0.25) is 14.5 Å². The average Bonchev–Trinajstić information content (AvgIpc) is 3.32. The van der Waals surface area contributed by atoms with Crippen LogP contribution in [0.15, 0.2) is 57.7 Å². The summed E-state index contributed by atoms with van der Waals surface area (Å²) in [4.78, 5) is 28.0. The molecule has 1 amide bonds. The number of carbonyl (C=O) groups excluding carboxylic acids is 1. The predicted octanol–water partition coefficient (Wildman–Crippen LogP) is 4.49. The van der Waals surface area contributed by atoms with Crippen LogP contribution >= 0.6 is 11.3 Å². The first kappa shape index (κ1) is 18.6. The molecular weight excluding hydrogens is 405 g/mol. The number of para-hydroxylation sites is 1. The molecule has 2 aromatic carbocycles. The zero-order valence-electron chi connectivity index (χ0n) is 16.0. The van der Waals surface area contributed by atoms with Crippen LogP contribution in [0.2, 0.25) is 0 Å². The summed E-state index contributed by atoms with van der Waals surface area (Å²) in [6.45, 7) is 2.02. The van der Waals surface area contributed by atoms with Gasteiger partial charge in [0, 0.05) is 12.0 Å². The minimum absolute atomic E-state index is 0.0841. The summed E-state index contributed by atoms with van der Waals surface area (Å²) in [5.74, 6) is -1.13. The number of aromatic nitrogens is 2. The number of benzene rings is 2. The van der Waals surface area contributed by atoms with Gasteiger partial charge in [0.25, 0.3) is 5.91 Å². The average molecular weight is 421 g/mol. The van der Waals surface area contributed by atoms with Gasteiger partial charge in [0.1, 0.15) is 22.4 Å². The maximum atomic E-state index is 14.8. The van der Waals surface area contributed by atoms with Crippen molar-refractivity contribution in [2.75, 3.05) is 4.90 Å². The van der Waals surface area contributed by atoms with E-state index < -0.39 is 17.8 Å². The molecule has 6 nitrogen and oxygen atoms in total. The number of nitrogens with zero attached hydrogens (tertiary/aromatic N) is 3. The molecular formula is C22H16FN3O3S. The fraction of sp³-hybridized carbons (Fsp3) is 0.182. The minimum atomic E-state index is -0.975. The summed E-state index contributed by atoms with van der Waals surface area (Å²) in [6, 6.07) is 11.9. The smallest absolute Gasteiger partial charge is 0.297 e. The Morgan fingerprint density at radius 1 is 1.10 bits per heavy atom. The van der Waals surface area contributed by atoms with Crippen molar-refractivity contribution in [3.05, 3.63) is 86.5 Å². The van der Waals surface area contributed by atoms with E-state index in [1.165, 1.54) is 22.3 Å². The molecule has 1 aliphatic rings. The summed E-state index contributed by atoms with van der Waals surface area (Å²) in [5.41, 5.74) is 0.289. The Bertz CT molecular complexity index is 1350. The third kappa shape index (κ3) is 2.75. The number of aryl methyl sites for hydroxylation is 1. The SMILES string of the molecule is CCCc1nnc(N2C(=O)c3oc4ccccc4c(=O)c3C2c2ccccc2F)s1. The lowest BCUT2D eigenvalue weighted by atomic mass is 9.98. The highest BCUT2D eigenvalue weighted by atomic mass is 32.1. The van der Waals surface area contributed by atoms with Crippen LogP contribution in [-0.2, 0) is 6.42 Å². The Balaban J connectivity index is 1.79. The Labute approximate surface area is 174 Å². The second kappa shape index (κ2) is 7.14. The lowest BCUT2D eigenvalue weighted by Crippen LogP contribution is -2.30. The third-order valence-corrected chi connectivity index (χ3v) is 6.09. The molecule has 0 fully saturated rings. The van der Waals surface area contributed by atoms with Gasteiger partial charge in [-0.05, 0) is 24.6 Å². The number of hydrogen-bond acceptors (Lipinski definition) is 6. The quantitative estimate of drug-likeness (QED) is 0.485. The molecule has 0 N–H and O–H groups in total. The molecule has 8 heteroatoms. The highest BCUT2D eigenvalue weighted by Crippen LogP contribution is 2.42. The van der Waals surface area contributed by atoms with Gasteiger partial charge in [0.05, 0.1) is 10.9 Å². The molecule has 0 spiro atoms. The van der Waals surface area contributed by atoms with Gasteiger partial charge < -0.3 is 4.42 Å². The lowest BCUT2D eigenvalue weighted by Gasteiger charge is -2.22. The topological polar surface area (TPSA) is 76.3 Å². The number of halogens is 1. The van der Waals surface area contributed by atoms with E-state index in [0.29, 0.717) is 16.1 Å². The van der Waals surface area contributed by atoms with Crippen molar-refractivity contribution in [1.29, 1.82) is 0 Å². The summed E-state index contributed by atoms with van der Waals surface area (Å²) in [7, 11) is 0. The van der Waals surface area contributed by atoms with Crippen LogP contribution in [0, 0.1) is 5.82 Å². The molecule has 0 saturated heterocycles. The number of hydrogen-bond donors (Lipinski definition) is 0. The standard InChI is InChI=1S/C22H16FN3O3S/c1-2-7-16-24-25-22(30-16)26-18(12-8-3-5-10-14(12)23)17-19(27)13-9-4-6-11-15(13)29-20(17)21(26)28/h3-6,8-11,18H,2,7H2,1H3. The molecule has 1 atom stereocenters. The normalized spacial score (nSPS) is 15.7. The van der Waals surface area contributed by atoms with Gasteiger partial charge in [0.2, 0.25) is 10.9 Å². The van der Waals surface area contributed by atoms with Gasteiger partial charge in [0.15, 0.2) is 5.43 Å². The van der Waals surface area contributed by atoms with E-state index in [1.54, 1.807) is 42.5 Å². The van der Waals surface area contributed by atoms with E-state index in [0.717, 1.165) is 17.8 Å². The van der Waals surface area contributed by atoms with Gasteiger partial charge in [-0.15, -0.1) is 10.2 Å². The summed E-state index contributed by atoms with van der Waals surface area (Å²) < 4.78 is 20.7. The number of rotatable bonds is 4. The monoisotopic (exact) mass is 421 g/mol. The van der Waals surface area contributed by atoms with Crippen LogP contribution in [0.3, 0.4) is 0 Å².